The van der Waals surface area contributed by atoms with Gasteiger partial charge in [-0.25, -0.2) is 4.79 Å². The first-order valence-electron chi connectivity index (χ1n) is 10.1. The first-order valence-corrected chi connectivity index (χ1v) is 10.1. The number of aromatic hydroxyl groups is 3. The average molecular weight is 455 g/mol. The molecule has 8 heteroatoms. The van der Waals surface area contributed by atoms with Crippen molar-refractivity contribution in [1.29, 1.82) is 0 Å². The van der Waals surface area contributed by atoms with Crippen LogP contribution >= 0.6 is 0 Å². The number of carboxylic acid groups (broad SMARTS) is 1. The van der Waals surface area contributed by atoms with Crippen LogP contribution in [0.25, 0.3) is 0 Å². The minimum absolute atomic E-state index is 0. The Kier molecular flexibility index (Phi) is 10.3. The van der Waals surface area contributed by atoms with Crippen LogP contribution in [0.3, 0.4) is 0 Å². The molecule has 0 aromatic heterocycles. The zero-order valence-electron chi connectivity index (χ0n) is 17.8. The normalized spacial score (nSPS) is 9.64. The van der Waals surface area contributed by atoms with Gasteiger partial charge in [-0.3, -0.25) is 4.79 Å². The van der Waals surface area contributed by atoms with Crippen LogP contribution in [-0.4, -0.2) is 32.3 Å². The zero-order valence-corrected chi connectivity index (χ0v) is 17.8. The molecule has 0 saturated carbocycles. The van der Waals surface area contributed by atoms with Crippen LogP contribution in [0.2, 0.25) is 0 Å². The van der Waals surface area contributed by atoms with E-state index in [1.807, 2.05) is 13.8 Å². The second kappa shape index (κ2) is 12.6. The summed E-state index contributed by atoms with van der Waals surface area (Å²) in [5.41, 5.74) is 2.49. The van der Waals surface area contributed by atoms with E-state index in [-0.39, 0.29) is 31.7 Å². The Morgan fingerprint density at radius 2 is 1.36 bits per heavy atom. The van der Waals surface area contributed by atoms with Gasteiger partial charge in [-0.05, 0) is 60.5 Å². The smallest absolute Gasteiger partial charge is 0.335 e. The van der Waals surface area contributed by atoms with E-state index in [4.69, 9.17) is 5.11 Å². The molecule has 8 nitrogen and oxygen atoms in total. The van der Waals surface area contributed by atoms with Crippen molar-refractivity contribution in [3.05, 3.63) is 71.8 Å². The number of anilines is 3. The molecular weight excluding hydrogens is 424 g/mol. The molecule has 0 aliphatic carbocycles. The lowest BCUT2D eigenvalue weighted by atomic mass is 10.1. The molecule has 3 aromatic carbocycles. The molecule has 0 saturated heterocycles. The van der Waals surface area contributed by atoms with Gasteiger partial charge in [0.25, 0.3) is 0 Å². The number of carboxylic acids is 1. The summed E-state index contributed by atoms with van der Waals surface area (Å²) in [5.74, 6) is -2.78. The molecule has 33 heavy (non-hydrogen) atoms. The summed E-state index contributed by atoms with van der Waals surface area (Å²) < 4.78 is 0. The molecule has 3 rings (SSSR count). The SMILES string of the molecule is C.CC.O=C(CCc1cc(O)c(O)c(O)c1)Nc1cccc(Nc2cccc(C(=O)O)c2)c1. The van der Waals surface area contributed by atoms with Crippen LogP contribution in [0.1, 0.15) is 43.6 Å². The Bertz CT molecular complexity index is 1070. The maximum absolute atomic E-state index is 12.2. The molecule has 176 valence electrons. The fourth-order valence-corrected chi connectivity index (χ4v) is 2.86. The predicted molar refractivity (Wildman–Crippen MR) is 130 cm³/mol. The van der Waals surface area contributed by atoms with Gasteiger partial charge in [0.05, 0.1) is 5.56 Å². The number of rotatable bonds is 7. The molecule has 0 heterocycles. The predicted octanol–water partition coefficient (Wildman–Crippen LogP) is 5.48. The van der Waals surface area contributed by atoms with Crippen molar-refractivity contribution in [3.8, 4) is 17.2 Å². The number of aryl methyl sites for hydroxylation is 1. The summed E-state index contributed by atoms with van der Waals surface area (Å²) in [6.45, 7) is 4.00. The molecule has 3 aromatic rings. The van der Waals surface area contributed by atoms with Crippen LogP contribution in [-0.2, 0) is 11.2 Å². The van der Waals surface area contributed by atoms with Gasteiger partial charge in [0.15, 0.2) is 17.2 Å². The topological polar surface area (TPSA) is 139 Å². The molecule has 1 amide bonds. The van der Waals surface area contributed by atoms with E-state index in [1.54, 1.807) is 36.4 Å². The molecule has 0 unspecified atom stereocenters. The quantitative estimate of drug-likeness (QED) is 0.260. The van der Waals surface area contributed by atoms with Gasteiger partial charge < -0.3 is 31.1 Å². The number of hydrogen-bond acceptors (Lipinski definition) is 6. The average Bonchev–Trinajstić information content (AvgIpc) is 2.77. The van der Waals surface area contributed by atoms with Gasteiger partial charge in [-0.1, -0.05) is 33.4 Å². The number of phenolic OH excluding ortho intramolecular Hbond substituents is 3. The molecular formula is C25H30N2O6. The highest BCUT2D eigenvalue weighted by Crippen LogP contribution is 2.35. The summed E-state index contributed by atoms with van der Waals surface area (Å²) in [5, 5.41) is 43.4. The highest BCUT2D eigenvalue weighted by atomic mass is 16.4. The van der Waals surface area contributed by atoms with E-state index in [9.17, 15) is 24.9 Å². The summed E-state index contributed by atoms with van der Waals surface area (Å²) in [4.78, 5) is 23.3. The third-order valence-electron chi connectivity index (χ3n) is 4.31. The third kappa shape index (κ3) is 7.77. The molecule has 0 aliphatic heterocycles. The van der Waals surface area contributed by atoms with Crippen LogP contribution in [0.4, 0.5) is 17.1 Å². The Morgan fingerprint density at radius 3 is 1.97 bits per heavy atom. The van der Waals surface area contributed by atoms with Crippen molar-refractivity contribution in [3.63, 3.8) is 0 Å². The van der Waals surface area contributed by atoms with Crippen molar-refractivity contribution in [1.82, 2.24) is 0 Å². The van der Waals surface area contributed by atoms with Crippen molar-refractivity contribution < 1.29 is 30.0 Å². The molecule has 0 fully saturated rings. The van der Waals surface area contributed by atoms with E-state index >= 15 is 0 Å². The van der Waals surface area contributed by atoms with E-state index in [0.717, 1.165) is 0 Å². The largest absolute Gasteiger partial charge is 0.504 e. The lowest BCUT2D eigenvalue weighted by Gasteiger charge is -2.10. The maximum Gasteiger partial charge on any atom is 0.335 e. The number of phenols is 3. The lowest BCUT2D eigenvalue weighted by Crippen LogP contribution is -2.12. The zero-order chi connectivity index (χ0) is 23.7. The van der Waals surface area contributed by atoms with Crippen molar-refractivity contribution >= 4 is 28.9 Å². The number of hydrogen-bond donors (Lipinski definition) is 6. The molecule has 0 atom stereocenters. The molecule has 0 radical (unpaired) electrons. The van der Waals surface area contributed by atoms with Gasteiger partial charge in [-0.15, -0.1) is 0 Å². The molecule has 0 bridgehead atoms. The van der Waals surface area contributed by atoms with Crippen molar-refractivity contribution in [2.24, 2.45) is 0 Å². The Balaban J connectivity index is 0.00000177. The fraction of sp³-hybridized carbons (Fsp3) is 0.200. The summed E-state index contributed by atoms with van der Waals surface area (Å²) in [6, 6.07) is 15.9. The van der Waals surface area contributed by atoms with Crippen LogP contribution in [0, 0.1) is 0 Å². The van der Waals surface area contributed by atoms with Crippen LogP contribution in [0.5, 0.6) is 17.2 Å². The minimum atomic E-state index is -1.02. The summed E-state index contributed by atoms with van der Waals surface area (Å²) in [7, 11) is 0. The molecule has 0 aliphatic rings. The number of carbonyl (C=O) groups is 2. The standard InChI is InChI=1S/C22H20N2O6.C2H6.CH4/c25-18-9-13(10-19(26)21(18)28)7-8-20(27)24-17-6-2-5-16(12-17)23-15-4-1-3-14(11-15)22(29)30;1-2;/h1-6,9-12,23,25-26,28H,7-8H2,(H,24,27)(H,29,30);1-2H3;1H4. The molecule has 6 N–H and O–H groups in total. The van der Waals surface area contributed by atoms with Crippen LogP contribution < -0.4 is 10.6 Å². The van der Waals surface area contributed by atoms with Crippen molar-refractivity contribution in [2.45, 2.75) is 34.1 Å². The second-order valence-electron chi connectivity index (χ2n) is 6.62. The highest BCUT2D eigenvalue weighted by Gasteiger charge is 2.10. The van der Waals surface area contributed by atoms with E-state index in [1.165, 1.54) is 24.3 Å². The van der Waals surface area contributed by atoms with Gasteiger partial charge in [-0.2, -0.15) is 0 Å². The Labute approximate surface area is 193 Å². The number of benzene rings is 3. The lowest BCUT2D eigenvalue weighted by molar-refractivity contribution is -0.116. The highest BCUT2D eigenvalue weighted by molar-refractivity contribution is 5.92. The number of carbonyl (C=O) groups excluding carboxylic acids is 1. The fourth-order valence-electron chi connectivity index (χ4n) is 2.86. The van der Waals surface area contributed by atoms with Gasteiger partial charge in [0.2, 0.25) is 5.91 Å². The van der Waals surface area contributed by atoms with Gasteiger partial charge >= 0.3 is 5.97 Å². The van der Waals surface area contributed by atoms with Crippen molar-refractivity contribution in [2.75, 3.05) is 10.6 Å². The minimum Gasteiger partial charge on any atom is -0.504 e. The Hall–Kier alpha value is -4.20. The number of aromatic carboxylic acids is 1. The van der Waals surface area contributed by atoms with Gasteiger partial charge in [0, 0.05) is 23.5 Å². The third-order valence-corrected chi connectivity index (χ3v) is 4.31. The second-order valence-corrected chi connectivity index (χ2v) is 6.62. The summed E-state index contributed by atoms with van der Waals surface area (Å²) >= 11 is 0. The van der Waals surface area contributed by atoms with E-state index < -0.39 is 23.2 Å². The van der Waals surface area contributed by atoms with E-state index in [2.05, 4.69) is 10.6 Å². The summed E-state index contributed by atoms with van der Waals surface area (Å²) in [6.07, 6.45) is 0.356. The number of amides is 1. The first kappa shape index (κ1) is 26.8. The van der Waals surface area contributed by atoms with Gasteiger partial charge in [0.1, 0.15) is 0 Å². The number of nitrogens with one attached hydrogen (secondary N) is 2. The Morgan fingerprint density at radius 1 is 0.818 bits per heavy atom. The maximum atomic E-state index is 12.2. The van der Waals surface area contributed by atoms with Crippen LogP contribution in [0.15, 0.2) is 60.7 Å². The molecule has 0 spiro atoms. The monoisotopic (exact) mass is 454 g/mol. The van der Waals surface area contributed by atoms with E-state index in [0.29, 0.717) is 22.6 Å². The first-order chi connectivity index (χ1) is 15.3.